The van der Waals surface area contributed by atoms with Gasteiger partial charge in [0.1, 0.15) is 0 Å². The van der Waals surface area contributed by atoms with Crippen molar-refractivity contribution < 1.29 is 9.90 Å². The average molecular weight is 367 g/mol. The van der Waals surface area contributed by atoms with Gasteiger partial charge in [0, 0.05) is 38.4 Å². The smallest absolute Gasteiger partial charge is 0.241 e. The lowest BCUT2D eigenvalue weighted by molar-refractivity contribution is -0.130. The number of nitrogens with zero attached hydrogens (tertiary/aromatic N) is 2. The van der Waals surface area contributed by atoms with Crippen molar-refractivity contribution in [1.82, 2.24) is 9.80 Å². The zero-order valence-electron chi connectivity index (χ0n) is 15.9. The van der Waals surface area contributed by atoms with Crippen LogP contribution in [0.15, 0.2) is 60.7 Å². The number of carbonyl (C=O) groups excluding carboxylic acids is 1. The summed E-state index contributed by atoms with van der Waals surface area (Å²) in [6.45, 7) is 2.63. The third-order valence-electron chi connectivity index (χ3n) is 5.19. The summed E-state index contributed by atoms with van der Waals surface area (Å²) in [4.78, 5) is 16.9. The van der Waals surface area contributed by atoms with E-state index in [9.17, 15) is 9.90 Å². The molecule has 2 N–H and O–H groups in total. The number of likely N-dealkylation sites (N-methyl/N-ethyl adjacent to an activating group) is 1. The Bertz CT molecular complexity index is 708. The third-order valence-corrected chi connectivity index (χ3v) is 5.19. The molecule has 0 aliphatic carbocycles. The van der Waals surface area contributed by atoms with Crippen molar-refractivity contribution in [2.45, 2.75) is 25.0 Å². The van der Waals surface area contributed by atoms with Crippen molar-refractivity contribution in [3.63, 3.8) is 0 Å². The van der Waals surface area contributed by atoms with Crippen molar-refractivity contribution in [3.05, 3.63) is 66.2 Å². The number of aliphatic hydroxyl groups is 1. The van der Waals surface area contributed by atoms with Crippen molar-refractivity contribution in [2.24, 2.45) is 0 Å². The Morgan fingerprint density at radius 1 is 1.19 bits per heavy atom. The monoisotopic (exact) mass is 367 g/mol. The van der Waals surface area contributed by atoms with Gasteiger partial charge in [-0.25, -0.2) is 0 Å². The molecule has 2 aromatic carbocycles. The SMILES string of the molecule is CN(C(=O)CNc1ccccc1)[C@@H](Cc1ccccc1)CN1CC[C@H](O)C1. The number of para-hydroxylation sites is 1. The van der Waals surface area contributed by atoms with Gasteiger partial charge in [-0.15, -0.1) is 0 Å². The molecule has 1 saturated heterocycles. The molecule has 0 radical (unpaired) electrons. The summed E-state index contributed by atoms with van der Waals surface area (Å²) >= 11 is 0. The summed E-state index contributed by atoms with van der Waals surface area (Å²) in [6, 6.07) is 20.1. The van der Waals surface area contributed by atoms with Gasteiger partial charge in [-0.05, 0) is 30.5 Å². The highest BCUT2D eigenvalue weighted by atomic mass is 16.3. The predicted molar refractivity (Wildman–Crippen MR) is 109 cm³/mol. The number of β-amino-alcohol motifs (C(OH)–C–C–N with tert-alkyl or cyclic N) is 1. The Kier molecular flexibility index (Phi) is 6.85. The van der Waals surface area contributed by atoms with Gasteiger partial charge in [0.25, 0.3) is 0 Å². The number of hydrogen-bond acceptors (Lipinski definition) is 4. The molecule has 5 heteroatoms. The minimum atomic E-state index is -0.247. The second-order valence-electron chi connectivity index (χ2n) is 7.27. The van der Waals surface area contributed by atoms with Crippen LogP contribution in [0, 0.1) is 0 Å². The molecule has 1 heterocycles. The van der Waals surface area contributed by atoms with Crippen molar-refractivity contribution in [2.75, 3.05) is 38.5 Å². The fraction of sp³-hybridized carbons (Fsp3) is 0.409. The van der Waals surface area contributed by atoms with Crippen molar-refractivity contribution in [1.29, 1.82) is 0 Å². The van der Waals surface area contributed by atoms with E-state index in [0.29, 0.717) is 6.54 Å². The third kappa shape index (κ3) is 5.81. The summed E-state index contributed by atoms with van der Waals surface area (Å²) in [7, 11) is 1.88. The number of hydrogen-bond donors (Lipinski definition) is 2. The lowest BCUT2D eigenvalue weighted by atomic mass is 10.0. The Morgan fingerprint density at radius 2 is 1.85 bits per heavy atom. The van der Waals surface area contributed by atoms with Gasteiger partial charge in [-0.2, -0.15) is 0 Å². The van der Waals surface area contributed by atoms with Crippen LogP contribution >= 0.6 is 0 Å². The fourth-order valence-corrected chi connectivity index (χ4v) is 3.55. The molecule has 2 atom stereocenters. The molecule has 2 aromatic rings. The van der Waals surface area contributed by atoms with E-state index >= 15 is 0 Å². The number of benzene rings is 2. The minimum Gasteiger partial charge on any atom is -0.392 e. The second kappa shape index (κ2) is 9.53. The number of rotatable bonds is 8. The van der Waals surface area contributed by atoms with Crippen molar-refractivity contribution >= 4 is 11.6 Å². The molecular formula is C22H29N3O2. The number of amides is 1. The number of nitrogens with one attached hydrogen (secondary N) is 1. The van der Waals surface area contributed by atoms with Crippen LogP contribution in [0.5, 0.6) is 0 Å². The van der Waals surface area contributed by atoms with Gasteiger partial charge >= 0.3 is 0 Å². The maximum atomic E-state index is 12.8. The molecule has 0 unspecified atom stereocenters. The molecule has 0 bridgehead atoms. The summed E-state index contributed by atoms with van der Waals surface area (Å²) in [5, 5.41) is 13.0. The normalized spacial score (nSPS) is 18.2. The molecular weight excluding hydrogens is 338 g/mol. The van der Waals surface area contributed by atoms with Crippen LogP contribution in [0.2, 0.25) is 0 Å². The van der Waals surface area contributed by atoms with Gasteiger partial charge in [0.2, 0.25) is 5.91 Å². The molecule has 1 fully saturated rings. The first-order valence-corrected chi connectivity index (χ1v) is 9.61. The zero-order chi connectivity index (χ0) is 19.1. The molecule has 3 rings (SSSR count). The molecule has 1 aliphatic rings. The number of anilines is 1. The maximum Gasteiger partial charge on any atom is 0.241 e. The minimum absolute atomic E-state index is 0.0690. The largest absolute Gasteiger partial charge is 0.392 e. The van der Waals surface area contributed by atoms with Crippen LogP contribution in [0.1, 0.15) is 12.0 Å². The maximum absolute atomic E-state index is 12.8. The van der Waals surface area contributed by atoms with Gasteiger partial charge in [0.15, 0.2) is 0 Å². The summed E-state index contributed by atoms with van der Waals surface area (Å²) in [5.74, 6) is 0.0690. The quantitative estimate of drug-likeness (QED) is 0.751. The Balaban J connectivity index is 1.63. The lowest BCUT2D eigenvalue weighted by Gasteiger charge is -2.32. The van der Waals surface area contributed by atoms with E-state index < -0.39 is 0 Å². The van der Waals surface area contributed by atoms with E-state index in [1.807, 2.05) is 60.5 Å². The molecule has 27 heavy (non-hydrogen) atoms. The van der Waals surface area contributed by atoms with Crippen LogP contribution in [0.25, 0.3) is 0 Å². The van der Waals surface area contributed by atoms with Gasteiger partial charge in [-0.3, -0.25) is 9.69 Å². The Hall–Kier alpha value is -2.37. The average Bonchev–Trinajstić information content (AvgIpc) is 3.11. The summed E-state index contributed by atoms with van der Waals surface area (Å²) in [5.41, 5.74) is 2.17. The van der Waals surface area contributed by atoms with Crippen molar-refractivity contribution in [3.8, 4) is 0 Å². The van der Waals surface area contributed by atoms with E-state index in [2.05, 4.69) is 22.3 Å². The number of likely N-dealkylation sites (tertiary alicyclic amines) is 1. The molecule has 1 amide bonds. The van der Waals surface area contributed by atoms with Crippen LogP contribution in [0.4, 0.5) is 5.69 Å². The molecule has 1 aliphatic heterocycles. The summed E-state index contributed by atoms with van der Waals surface area (Å²) in [6.07, 6.45) is 1.37. The number of carbonyl (C=O) groups is 1. The topological polar surface area (TPSA) is 55.8 Å². The van der Waals surface area contributed by atoms with Gasteiger partial charge in [-0.1, -0.05) is 48.5 Å². The molecule has 0 saturated carbocycles. The first-order valence-electron chi connectivity index (χ1n) is 9.61. The van der Waals surface area contributed by atoms with Crippen LogP contribution in [-0.4, -0.2) is 66.2 Å². The lowest BCUT2D eigenvalue weighted by Crippen LogP contribution is -2.47. The first kappa shape index (κ1) is 19.4. The first-order chi connectivity index (χ1) is 13.1. The number of aliphatic hydroxyl groups excluding tert-OH is 1. The van der Waals surface area contributed by atoms with E-state index in [4.69, 9.17) is 0 Å². The van der Waals surface area contributed by atoms with Crippen LogP contribution in [0.3, 0.4) is 0 Å². The van der Waals surface area contributed by atoms with E-state index in [1.165, 1.54) is 5.56 Å². The highest BCUT2D eigenvalue weighted by molar-refractivity contribution is 5.81. The van der Waals surface area contributed by atoms with Crippen LogP contribution in [-0.2, 0) is 11.2 Å². The molecule has 0 spiro atoms. The Morgan fingerprint density at radius 3 is 2.48 bits per heavy atom. The van der Waals surface area contributed by atoms with E-state index in [-0.39, 0.29) is 24.6 Å². The highest BCUT2D eigenvalue weighted by Gasteiger charge is 2.27. The molecule has 144 valence electrons. The molecule has 5 nitrogen and oxygen atoms in total. The predicted octanol–water partition coefficient (Wildman–Crippen LogP) is 2.23. The highest BCUT2D eigenvalue weighted by Crippen LogP contribution is 2.15. The van der Waals surface area contributed by atoms with Gasteiger partial charge < -0.3 is 15.3 Å². The Labute approximate surface area is 161 Å². The van der Waals surface area contributed by atoms with E-state index in [1.54, 1.807) is 0 Å². The standard InChI is InChI=1S/C22H29N3O2/c1-24(22(27)15-23-19-10-6-3-7-11-19)20(14-18-8-4-2-5-9-18)16-25-13-12-21(26)17-25/h2-11,20-21,23,26H,12-17H2,1H3/t20-,21-/m0/s1. The van der Waals surface area contributed by atoms with Crippen LogP contribution < -0.4 is 5.32 Å². The van der Waals surface area contributed by atoms with E-state index in [0.717, 1.165) is 31.6 Å². The zero-order valence-corrected chi connectivity index (χ0v) is 15.9. The second-order valence-corrected chi connectivity index (χ2v) is 7.27. The molecule has 0 aromatic heterocycles. The fourth-order valence-electron chi connectivity index (χ4n) is 3.55. The van der Waals surface area contributed by atoms with Gasteiger partial charge in [0.05, 0.1) is 12.6 Å². The summed E-state index contributed by atoms with van der Waals surface area (Å²) < 4.78 is 0.